The summed E-state index contributed by atoms with van der Waals surface area (Å²) in [5.41, 5.74) is 3.97. The Morgan fingerprint density at radius 3 is 2.57 bits per heavy atom. The Balaban J connectivity index is 1.68. The Morgan fingerprint density at radius 1 is 1.07 bits per heavy atom. The number of aryl methyl sites for hydroxylation is 2. The predicted octanol–water partition coefficient (Wildman–Crippen LogP) is 4.54. The molecular weight excluding hydrogens is 380 g/mol. The van der Waals surface area contributed by atoms with E-state index in [0.717, 1.165) is 16.7 Å². The van der Waals surface area contributed by atoms with Gasteiger partial charge in [0.05, 0.1) is 24.1 Å². The van der Waals surface area contributed by atoms with Gasteiger partial charge in [0.15, 0.2) is 6.10 Å². The Hall–Kier alpha value is -3.54. The van der Waals surface area contributed by atoms with Crippen molar-refractivity contribution in [2.24, 2.45) is 0 Å². The van der Waals surface area contributed by atoms with Crippen LogP contribution in [0, 0.1) is 20.8 Å². The summed E-state index contributed by atoms with van der Waals surface area (Å²) in [6, 6.07) is 14.4. The van der Waals surface area contributed by atoms with Crippen LogP contribution in [0.3, 0.4) is 0 Å². The van der Waals surface area contributed by atoms with Crippen LogP contribution in [-0.2, 0) is 11.3 Å². The second kappa shape index (κ2) is 9.31. The van der Waals surface area contributed by atoms with E-state index in [2.05, 4.69) is 16.7 Å². The number of carbonyl (C=O) groups is 2. The third kappa shape index (κ3) is 5.08. The maximum atomic E-state index is 12.7. The zero-order chi connectivity index (χ0) is 21.7. The second-order valence-electron chi connectivity index (χ2n) is 7.26. The lowest BCUT2D eigenvalue weighted by atomic mass is 10.1. The molecule has 156 valence electrons. The maximum absolute atomic E-state index is 12.7. The van der Waals surface area contributed by atoms with Crippen LogP contribution in [0.25, 0.3) is 0 Å². The molecule has 6 nitrogen and oxygen atoms in total. The predicted molar refractivity (Wildman–Crippen MR) is 116 cm³/mol. The SMILES string of the molecule is Cc1cc(C)c(C)c(O[C@@H](C)C(=O)Nc2ccccc2C(=O)NCc2ccco2)c1. The van der Waals surface area contributed by atoms with E-state index in [1.54, 1.807) is 49.6 Å². The molecule has 2 amide bonds. The smallest absolute Gasteiger partial charge is 0.265 e. The molecule has 0 saturated carbocycles. The minimum atomic E-state index is -0.732. The Bertz CT molecular complexity index is 1040. The summed E-state index contributed by atoms with van der Waals surface area (Å²) in [4.78, 5) is 25.3. The van der Waals surface area contributed by atoms with E-state index in [-0.39, 0.29) is 18.4 Å². The molecule has 0 aliphatic carbocycles. The Labute approximate surface area is 176 Å². The minimum absolute atomic E-state index is 0.264. The van der Waals surface area contributed by atoms with Crippen molar-refractivity contribution in [1.82, 2.24) is 5.32 Å². The fraction of sp³-hybridized carbons (Fsp3) is 0.250. The number of carbonyl (C=O) groups excluding carboxylic acids is 2. The largest absolute Gasteiger partial charge is 0.481 e. The molecule has 0 bridgehead atoms. The van der Waals surface area contributed by atoms with Crippen LogP contribution < -0.4 is 15.4 Å². The third-order valence-electron chi connectivity index (χ3n) is 4.87. The molecule has 1 aromatic heterocycles. The number of anilines is 1. The number of rotatable bonds is 7. The van der Waals surface area contributed by atoms with Gasteiger partial charge in [-0.3, -0.25) is 9.59 Å². The van der Waals surface area contributed by atoms with E-state index >= 15 is 0 Å². The summed E-state index contributed by atoms with van der Waals surface area (Å²) in [5, 5.41) is 5.59. The molecule has 3 rings (SSSR count). The summed E-state index contributed by atoms with van der Waals surface area (Å²) in [6.45, 7) is 7.91. The standard InChI is InChI=1S/C24H26N2O4/c1-15-12-16(2)17(3)22(13-15)30-18(4)23(27)26-21-10-6-5-9-20(21)24(28)25-14-19-8-7-11-29-19/h5-13,18H,14H2,1-4H3,(H,25,28)(H,26,27)/t18-/m0/s1. The molecule has 0 aliphatic heterocycles. The summed E-state index contributed by atoms with van der Waals surface area (Å²) in [5.74, 6) is 0.691. The van der Waals surface area contributed by atoms with Crippen LogP contribution in [0.2, 0.25) is 0 Å². The van der Waals surface area contributed by atoms with E-state index in [9.17, 15) is 9.59 Å². The number of para-hydroxylation sites is 1. The van der Waals surface area contributed by atoms with Crippen molar-refractivity contribution in [3.8, 4) is 5.75 Å². The maximum Gasteiger partial charge on any atom is 0.265 e. The molecule has 2 N–H and O–H groups in total. The zero-order valence-electron chi connectivity index (χ0n) is 17.6. The number of ether oxygens (including phenoxy) is 1. The summed E-state index contributed by atoms with van der Waals surface area (Å²) < 4.78 is 11.1. The Kier molecular flexibility index (Phi) is 6.57. The fourth-order valence-electron chi connectivity index (χ4n) is 3.07. The highest BCUT2D eigenvalue weighted by Crippen LogP contribution is 2.25. The lowest BCUT2D eigenvalue weighted by Crippen LogP contribution is -2.32. The van der Waals surface area contributed by atoms with Gasteiger partial charge in [0.25, 0.3) is 11.8 Å². The molecule has 3 aromatic rings. The van der Waals surface area contributed by atoms with Gasteiger partial charge in [-0.05, 0) is 74.7 Å². The van der Waals surface area contributed by atoms with Crippen LogP contribution in [0.1, 0.15) is 39.7 Å². The monoisotopic (exact) mass is 406 g/mol. The summed E-state index contributed by atoms with van der Waals surface area (Å²) in [6.07, 6.45) is 0.818. The highest BCUT2D eigenvalue weighted by atomic mass is 16.5. The minimum Gasteiger partial charge on any atom is -0.481 e. The Morgan fingerprint density at radius 2 is 1.83 bits per heavy atom. The molecule has 0 fully saturated rings. The number of hydrogen-bond donors (Lipinski definition) is 2. The molecule has 30 heavy (non-hydrogen) atoms. The number of benzene rings is 2. The van der Waals surface area contributed by atoms with Gasteiger partial charge in [-0.25, -0.2) is 0 Å². The first-order valence-electron chi connectivity index (χ1n) is 9.80. The van der Waals surface area contributed by atoms with Gasteiger partial charge in [0, 0.05) is 0 Å². The van der Waals surface area contributed by atoms with E-state index in [1.165, 1.54) is 0 Å². The highest BCUT2D eigenvalue weighted by Gasteiger charge is 2.19. The molecule has 0 aliphatic rings. The van der Waals surface area contributed by atoms with Crippen molar-refractivity contribution in [3.05, 3.63) is 82.8 Å². The number of nitrogens with one attached hydrogen (secondary N) is 2. The molecule has 0 radical (unpaired) electrons. The molecule has 2 aromatic carbocycles. The first-order valence-corrected chi connectivity index (χ1v) is 9.80. The van der Waals surface area contributed by atoms with Gasteiger partial charge in [0.1, 0.15) is 11.5 Å². The number of hydrogen-bond acceptors (Lipinski definition) is 4. The van der Waals surface area contributed by atoms with Crippen LogP contribution in [0.4, 0.5) is 5.69 Å². The van der Waals surface area contributed by atoms with Crippen LogP contribution in [-0.4, -0.2) is 17.9 Å². The lowest BCUT2D eigenvalue weighted by molar-refractivity contribution is -0.122. The zero-order valence-corrected chi connectivity index (χ0v) is 17.6. The van der Waals surface area contributed by atoms with Gasteiger partial charge in [-0.2, -0.15) is 0 Å². The third-order valence-corrected chi connectivity index (χ3v) is 4.87. The van der Waals surface area contributed by atoms with Gasteiger partial charge in [0.2, 0.25) is 0 Å². The van der Waals surface area contributed by atoms with Gasteiger partial charge in [-0.15, -0.1) is 0 Å². The molecule has 0 saturated heterocycles. The number of furan rings is 1. The summed E-state index contributed by atoms with van der Waals surface area (Å²) in [7, 11) is 0. The summed E-state index contributed by atoms with van der Waals surface area (Å²) >= 11 is 0. The van der Waals surface area contributed by atoms with Crippen molar-refractivity contribution >= 4 is 17.5 Å². The molecular formula is C24H26N2O4. The van der Waals surface area contributed by atoms with Crippen LogP contribution >= 0.6 is 0 Å². The van der Waals surface area contributed by atoms with Crippen molar-refractivity contribution in [2.75, 3.05) is 5.32 Å². The molecule has 6 heteroatoms. The fourth-order valence-corrected chi connectivity index (χ4v) is 3.07. The van der Waals surface area contributed by atoms with Crippen LogP contribution in [0.15, 0.2) is 59.2 Å². The average molecular weight is 406 g/mol. The van der Waals surface area contributed by atoms with Gasteiger partial charge >= 0.3 is 0 Å². The molecule has 0 unspecified atom stereocenters. The quantitative estimate of drug-likeness (QED) is 0.604. The van der Waals surface area contributed by atoms with E-state index in [4.69, 9.17) is 9.15 Å². The van der Waals surface area contributed by atoms with Gasteiger partial charge in [-0.1, -0.05) is 18.2 Å². The first kappa shape index (κ1) is 21.2. The van der Waals surface area contributed by atoms with E-state index < -0.39 is 6.10 Å². The topological polar surface area (TPSA) is 80.6 Å². The first-order chi connectivity index (χ1) is 14.3. The molecule has 1 heterocycles. The molecule has 1 atom stereocenters. The molecule has 0 spiro atoms. The van der Waals surface area contributed by atoms with Crippen molar-refractivity contribution in [3.63, 3.8) is 0 Å². The lowest BCUT2D eigenvalue weighted by Gasteiger charge is -2.19. The van der Waals surface area contributed by atoms with Crippen molar-refractivity contribution in [2.45, 2.75) is 40.3 Å². The number of amides is 2. The van der Waals surface area contributed by atoms with Crippen LogP contribution in [0.5, 0.6) is 5.75 Å². The normalized spacial score (nSPS) is 11.6. The van der Waals surface area contributed by atoms with Crippen molar-refractivity contribution < 1.29 is 18.7 Å². The van der Waals surface area contributed by atoms with Crippen molar-refractivity contribution in [1.29, 1.82) is 0 Å². The average Bonchev–Trinajstić information content (AvgIpc) is 3.24. The highest BCUT2D eigenvalue weighted by molar-refractivity contribution is 6.04. The van der Waals surface area contributed by atoms with E-state index in [0.29, 0.717) is 22.8 Å². The second-order valence-corrected chi connectivity index (χ2v) is 7.26. The van der Waals surface area contributed by atoms with E-state index in [1.807, 2.05) is 26.8 Å². The van der Waals surface area contributed by atoms with Gasteiger partial charge < -0.3 is 19.8 Å².